The highest BCUT2D eigenvalue weighted by Crippen LogP contribution is 2.32. The van der Waals surface area contributed by atoms with E-state index in [1.165, 1.54) is 24.0 Å². The van der Waals surface area contributed by atoms with E-state index in [4.69, 9.17) is 17.2 Å². The number of ether oxygens (including phenoxy) is 1. The number of nitrogens with one attached hydrogen (secondary N) is 2. The summed E-state index contributed by atoms with van der Waals surface area (Å²) >= 11 is 7.01. The number of thiocarbonyl (C=S) groups is 1. The third kappa shape index (κ3) is 6.93. The number of amides is 1. The lowest BCUT2D eigenvalue weighted by Crippen LogP contribution is -2.44. The summed E-state index contributed by atoms with van der Waals surface area (Å²) in [4.78, 5) is 31.2. The summed E-state index contributed by atoms with van der Waals surface area (Å²) in [6.07, 6.45) is 3.09. The molecule has 0 atom stereocenters. The van der Waals surface area contributed by atoms with Crippen LogP contribution in [0.25, 0.3) is 11.1 Å². The molecule has 4 rings (SSSR count). The predicted octanol–water partition coefficient (Wildman–Crippen LogP) is 5.24. The van der Waals surface area contributed by atoms with Crippen molar-refractivity contribution in [3.8, 4) is 11.1 Å². The van der Waals surface area contributed by atoms with Crippen LogP contribution < -0.4 is 10.6 Å². The fourth-order valence-electron chi connectivity index (χ4n) is 4.34. The Morgan fingerprint density at radius 2 is 1.86 bits per heavy atom. The van der Waals surface area contributed by atoms with E-state index in [-0.39, 0.29) is 18.3 Å². The molecule has 2 N–H and O–H groups in total. The van der Waals surface area contributed by atoms with E-state index in [9.17, 15) is 9.59 Å². The number of piperidine rings is 1. The molecule has 1 amide bonds. The van der Waals surface area contributed by atoms with Gasteiger partial charge in [0.15, 0.2) is 5.11 Å². The maximum atomic E-state index is 13.1. The Morgan fingerprint density at radius 3 is 2.57 bits per heavy atom. The van der Waals surface area contributed by atoms with Crippen molar-refractivity contribution in [2.75, 3.05) is 32.1 Å². The molecule has 37 heavy (non-hydrogen) atoms. The molecule has 2 heterocycles. The second kappa shape index (κ2) is 12.8. The Morgan fingerprint density at radius 1 is 1.14 bits per heavy atom. The number of rotatable bonds is 8. The van der Waals surface area contributed by atoms with Gasteiger partial charge >= 0.3 is 5.97 Å². The summed E-state index contributed by atoms with van der Waals surface area (Å²) in [5.41, 5.74) is 4.54. The first-order valence-corrected chi connectivity index (χ1v) is 13.8. The van der Waals surface area contributed by atoms with Gasteiger partial charge in [0, 0.05) is 42.2 Å². The summed E-state index contributed by atoms with van der Waals surface area (Å²) in [5.74, 6) is -0.162. The normalized spacial score (nSPS) is 13.7. The second-order valence-corrected chi connectivity index (χ2v) is 10.2. The van der Waals surface area contributed by atoms with Crippen molar-refractivity contribution in [3.05, 3.63) is 70.2 Å². The number of anilines is 1. The van der Waals surface area contributed by atoms with Gasteiger partial charge in [0.2, 0.25) is 0 Å². The molecular formula is C28H32N4O3S2. The van der Waals surface area contributed by atoms with Gasteiger partial charge in [0.05, 0.1) is 18.5 Å². The molecule has 0 saturated carbocycles. The highest BCUT2D eigenvalue weighted by Gasteiger charge is 2.25. The highest BCUT2D eigenvalue weighted by atomic mass is 32.1. The number of likely N-dealkylation sites (tertiary alicyclic amines) is 1. The number of benzene rings is 2. The van der Waals surface area contributed by atoms with Crippen molar-refractivity contribution in [1.29, 1.82) is 0 Å². The third-order valence-electron chi connectivity index (χ3n) is 6.57. The first-order valence-electron chi connectivity index (χ1n) is 12.5. The van der Waals surface area contributed by atoms with E-state index in [1.54, 1.807) is 0 Å². The van der Waals surface area contributed by atoms with Gasteiger partial charge in [0.1, 0.15) is 5.69 Å². The maximum Gasteiger partial charge on any atom is 0.307 e. The Kier molecular flexibility index (Phi) is 9.24. The largest absolute Gasteiger partial charge is 0.469 e. The van der Waals surface area contributed by atoms with E-state index in [0.29, 0.717) is 23.3 Å². The van der Waals surface area contributed by atoms with Crippen LogP contribution in [0.1, 0.15) is 53.2 Å². The second-order valence-electron chi connectivity index (χ2n) is 8.94. The number of esters is 1. The van der Waals surface area contributed by atoms with E-state index >= 15 is 0 Å². The van der Waals surface area contributed by atoms with Crippen LogP contribution in [0.4, 0.5) is 5.69 Å². The van der Waals surface area contributed by atoms with Crippen LogP contribution in [0.5, 0.6) is 0 Å². The van der Waals surface area contributed by atoms with Gasteiger partial charge in [-0.15, -0.1) is 11.3 Å². The first kappa shape index (κ1) is 26.8. The van der Waals surface area contributed by atoms with Gasteiger partial charge in [-0.1, -0.05) is 49.4 Å². The van der Waals surface area contributed by atoms with Crippen molar-refractivity contribution in [2.24, 2.45) is 0 Å². The topological polar surface area (TPSA) is 83.6 Å². The predicted molar refractivity (Wildman–Crippen MR) is 152 cm³/mol. The molecule has 2 aromatic carbocycles. The molecule has 0 unspecified atom stereocenters. The SMILES string of the molecule is CCc1ccc(-c2ccccc2NC(=O)c2csc(C3CCN(C(=S)NCCC(=O)OC)CC3)n2)cc1. The molecule has 1 saturated heterocycles. The molecule has 1 aliphatic rings. The summed E-state index contributed by atoms with van der Waals surface area (Å²) in [6, 6.07) is 16.3. The number of hydrogen-bond donors (Lipinski definition) is 2. The Bertz CT molecular complexity index is 1230. The number of aromatic nitrogens is 1. The van der Waals surface area contributed by atoms with Gasteiger partial charge in [0.25, 0.3) is 5.91 Å². The standard InChI is InChI=1S/C28H32N4O3S2/c1-3-19-8-10-20(11-9-19)22-6-4-5-7-23(22)30-26(34)24-18-37-27(31-24)21-13-16-32(17-14-21)28(36)29-15-12-25(33)35-2/h4-11,18,21H,3,12-17H2,1-2H3,(H,29,36)(H,30,34). The fraction of sp³-hybridized carbons (Fsp3) is 0.357. The van der Waals surface area contributed by atoms with Crippen molar-refractivity contribution >= 4 is 46.2 Å². The van der Waals surface area contributed by atoms with Crippen molar-refractivity contribution in [1.82, 2.24) is 15.2 Å². The number of carbonyl (C=O) groups is 2. The highest BCUT2D eigenvalue weighted by molar-refractivity contribution is 7.80. The lowest BCUT2D eigenvalue weighted by Gasteiger charge is -2.33. The molecule has 1 fully saturated rings. The average molecular weight is 537 g/mol. The average Bonchev–Trinajstić information content (AvgIpc) is 3.44. The van der Waals surface area contributed by atoms with Crippen LogP contribution in [-0.2, 0) is 16.0 Å². The minimum Gasteiger partial charge on any atom is -0.469 e. The zero-order valence-electron chi connectivity index (χ0n) is 21.2. The van der Waals surface area contributed by atoms with Crippen molar-refractivity contribution in [2.45, 2.75) is 38.5 Å². The van der Waals surface area contributed by atoms with E-state index in [2.05, 4.69) is 51.5 Å². The maximum absolute atomic E-state index is 13.1. The number of carbonyl (C=O) groups excluding carboxylic acids is 2. The van der Waals surface area contributed by atoms with Gasteiger partial charge < -0.3 is 20.3 Å². The lowest BCUT2D eigenvalue weighted by molar-refractivity contribution is -0.140. The summed E-state index contributed by atoms with van der Waals surface area (Å²) < 4.78 is 4.66. The summed E-state index contributed by atoms with van der Waals surface area (Å²) in [6.45, 7) is 4.21. The van der Waals surface area contributed by atoms with Crippen LogP contribution in [0.2, 0.25) is 0 Å². The molecule has 0 bridgehead atoms. The molecule has 194 valence electrons. The number of para-hydroxylation sites is 1. The zero-order chi connectivity index (χ0) is 26.2. The number of nitrogens with zero attached hydrogens (tertiary/aromatic N) is 2. The van der Waals surface area contributed by atoms with Crippen LogP contribution in [0.15, 0.2) is 53.9 Å². The molecular weight excluding hydrogens is 504 g/mol. The van der Waals surface area contributed by atoms with Gasteiger partial charge in [-0.2, -0.15) is 0 Å². The fourth-order valence-corrected chi connectivity index (χ4v) is 5.60. The molecule has 1 aromatic heterocycles. The van der Waals surface area contributed by atoms with Crippen LogP contribution in [0.3, 0.4) is 0 Å². The molecule has 7 nitrogen and oxygen atoms in total. The van der Waals surface area contributed by atoms with Crippen molar-refractivity contribution in [3.63, 3.8) is 0 Å². The molecule has 3 aromatic rings. The lowest BCUT2D eigenvalue weighted by atomic mass is 9.98. The zero-order valence-corrected chi connectivity index (χ0v) is 22.8. The smallest absolute Gasteiger partial charge is 0.307 e. The Labute approximate surface area is 227 Å². The number of hydrogen-bond acceptors (Lipinski definition) is 6. The molecule has 9 heteroatoms. The minimum absolute atomic E-state index is 0.200. The summed E-state index contributed by atoms with van der Waals surface area (Å²) in [5, 5.41) is 9.67. The molecule has 0 aliphatic carbocycles. The first-order chi connectivity index (χ1) is 18.0. The number of thiazole rings is 1. The summed E-state index contributed by atoms with van der Waals surface area (Å²) in [7, 11) is 1.38. The van der Waals surface area contributed by atoms with E-state index < -0.39 is 0 Å². The van der Waals surface area contributed by atoms with Crippen molar-refractivity contribution < 1.29 is 14.3 Å². The van der Waals surface area contributed by atoms with E-state index in [1.807, 2.05) is 29.6 Å². The van der Waals surface area contributed by atoms with Gasteiger partial charge in [-0.05, 0) is 48.7 Å². The van der Waals surface area contributed by atoms with Crippen LogP contribution in [0, 0.1) is 0 Å². The molecule has 0 spiro atoms. The van der Waals surface area contributed by atoms with Crippen LogP contribution >= 0.6 is 23.6 Å². The minimum atomic E-state index is -0.258. The van der Waals surface area contributed by atoms with Gasteiger partial charge in [-0.3, -0.25) is 9.59 Å². The molecule has 0 radical (unpaired) electrons. The monoisotopic (exact) mass is 536 g/mol. The number of methoxy groups -OCH3 is 1. The van der Waals surface area contributed by atoms with E-state index in [0.717, 1.165) is 54.2 Å². The third-order valence-corrected chi connectivity index (χ3v) is 7.98. The van der Waals surface area contributed by atoms with Gasteiger partial charge in [-0.25, -0.2) is 4.98 Å². The quantitative estimate of drug-likeness (QED) is 0.301. The Balaban J connectivity index is 1.33. The molecule has 1 aliphatic heterocycles. The Hall–Kier alpha value is -3.30. The van der Waals surface area contributed by atoms with Crippen LogP contribution in [-0.4, -0.2) is 53.6 Å². The number of aryl methyl sites for hydroxylation is 1.